The number of hydrogen-bond acceptors (Lipinski definition) is 2. The van der Waals surface area contributed by atoms with E-state index >= 15 is 0 Å². The van der Waals surface area contributed by atoms with E-state index in [1.807, 2.05) is 0 Å². The van der Waals surface area contributed by atoms with Crippen LogP contribution in [0.4, 0.5) is 4.79 Å². The lowest BCUT2D eigenvalue weighted by Crippen LogP contribution is -2.50. The Bertz CT molecular complexity index is 217. The van der Waals surface area contributed by atoms with E-state index in [0.29, 0.717) is 6.54 Å². The highest BCUT2D eigenvalue weighted by atomic mass is 16.3. The molecule has 1 aliphatic rings. The second-order valence-corrected chi connectivity index (χ2v) is 4.91. The predicted molar refractivity (Wildman–Crippen MR) is 59.7 cm³/mol. The van der Waals surface area contributed by atoms with Crippen molar-refractivity contribution in [1.82, 2.24) is 10.6 Å². The van der Waals surface area contributed by atoms with Crippen molar-refractivity contribution in [1.29, 1.82) is 0 Å². The largest absolute Gasteiger partial charge is 0.395 e. The summed E-state index contributed by atoms with van der Waals surface area (Å²) in [5, 5.41) is 14.2. The van der Waals surface area contributed by atoms with Crippen LogP contribution in [-0.4, -0.2) is 30.3 Å². The second kappa shape index (κ2) is 5.35. The zero-order chi connectivity index (χ0) is 11.3. The van der Waals surface area contributed by atoms with Gasteiger partial charge in [-0.1, -0.05) is 26.7 Å². The zero-order valence-electron chi connectivity index (χ0n) is 9.68. The van der Waals surface area contributed by atoms with Gasteiger partial charge in [0.15, 0.2) is 0 Å². The summed E-state index contributed by atoms with van der Waals surface area (Å²) in [6, 6.07) is 0.0916. The van der Waals surface area contributed by atoms with Gasteiger partial charge in [0, 0.05) is 12.6 Å². The van der Waals surface area contributed by atoms with E-state index in [1.165, 1.54) is 12.8 Å². The van der Waals surface area contributed by atoms with Crippen molar-refractivity contribution in [2.45, 2.75) is 45.6 Å². The first-order valence-corrected chi connectivity index (χ1v) is 5.71. The van der Waals surface area contributed by atoms with Crippen molar-refractivity contribution >= 4 is 6.03 Å². The van der Waals surface area contributed by atoms with Crippen molar-refractivity contribution < 1.29 is 9.90 Å². The van der Waals surface area contributed by atoms with E-state index in [0.717, 1.165) is 12.8 Å². The number of hydrogen-bond donors (Lipinski definition) is 3. The van der Waals surface area contributed by atoms with Crippen molar-refractivity contribution in [2.75, 3.05) is 13.2 Å². The summed E-state index contributed by atoms with van der Waals surface area (Å²) < 4.78 is 0. The summed E-state index contributed by atoms with van der Waals surface area (Å²) in [6.07, 6.45) is 4.66. The highest BCUT2D eigenvalue weighted by Gasteiger charge is 2.32. The molecular weight excluding hydrogens is 192 g/mol. The number of amides is 2. The molecule has 0 bridgehead atoms. The van der Waals surface area contributed by atoms with Gasteiger partial charge in [-0.3, -0.25) is 0 Å². The summed E-state index contributed by atoms with van der Waals surface area (Å²) in [4.78, 5) is 11.4. The zero-order valence-corrected chi connectivity index (χ0v) is 9.68. The van der Waals surface area contributed by atoms with Crippen LogP contribution in [0.15, 0.2) is 0 Å². The molecule has 4 heteroatoms. The van der Waals surface area contributed by atoms with Crippen LogP contribution >= 0.6 is 0 Å². The first kappa shape index (κ1) is 12.3. The summed E-state index contributed by atoms with van der Waals surface area (Å²) in [5.41, 5.74) is 0.189. The number of aliphatic hydroxyl groups is 1. The molecule has 1 saturated carbocycles. The molecule has 1 atom stereocenters. The molecule has 1 rings (SSSR count). The molecule has 4 nitrogen and oxygen atoms in total. The number of carbonyl (C=O) groups is 1. The van der Waals surface area contributed by atoms with Gasteiger partial charge in [-0.25, -0.2) is 4.79 Å². The molecule has 0 spiro atoms. The molecule has 1 aliphatic carbocycles. The fourth-order valence-corrected chi connectivity index (χ4v) is 2.14. The average molecular weight is 214 g/mol. The second-order valence-electron chi connectivity index (χ2n) is 4.91. The van der Waals surface area contributed by atoms with Gasteiger partial charge < -0.3 is 15.7 Å². The van der Waals surface area contributed by atoms with E-state index in [-0.39, 0.29) is 24.1 Å². The van der Waals surface area contributed by atoms with Gasteiger partial charge >= 0.3 is 6.03 Å². The quantitative estimate of drug-likeness (QED) is 0.662. The van der Waals surface area contributed by atoms with Gasteiger partial charge in [0.1, 0.15) is 0 Å². The van der Waals surface area contributed by atoms with Crippen LogP contribution < -0.4 is 10.6 Å². The van der Waals surface area contributed by atoms with Crippen molar-refractivity contribution in [2.24, 2.45) is 5.41 Å². The maximum Gasteiger partial charge on any atom is 0.315 e. The number of aliphatic hydroxyl groups excluding tert-OH is 1. The third-order valence-corrected chi connectivity index (χ3v) is 3.21. The minimum atomic E-state index is -0.163. The Morgan fingerprint density at radius 3 is 2.80 bits per heavy atom. The minimum absolute atomic E-state index is 0.0124. The molecule has 0 aromatic carbocycles. The van der Waals surface area contributed by atoms with Gasteiger partial charge in [-0.2, -0.15) is 0 Å². The third-order valence-electron chi connectivity index (χ3n) is 3.21. The van der Waals surface area contributed by atoms with E-state index in [4.69, 9.17) is 5.11 Å². The molecule has 0 heterocycles. The van der Waals surface area contributed by atoms with Crippen molar-refractivity contribution in [3.05, 3.63) is 0 Å². The molecule has 0 radical (unpaired) electrons. The van der Waals surface area contributed by atoms with Crippen LogP contribution in [0.1, 0.15) is 39.5 Å². The number of rotatable bonds is 3. The average Bonchev–Trinajstić information content (AvgIpc) is 2.18. The molecule has 0 aliphatic heterocycles. The van der Waals surface area contributed by atoms with E-state index in [9.17, 15) is 4.79 Å². The van der Waals surface area contributed by atoms with Gasteiger partial charge in [-0.15, -0.1) is 0 Å². The number of nitrogens with one attached hydrogen (secondary N) is 2. The molecule has 0 aromatic rings. The number of carbonyl (C=O) groups excluding carboxylic acids is 1. The number of urea groups is 1. The SMILES string of the molecule is CC1(C)CCCCC1NC(=O)NCCO. The molecule has 15 heavy (non-hydrogen) atoms. The summed E-state index contributed by atoms with van der Waals surface area (Å²) >= 11 is 0. The topological polar surface area (TPSA) is 61.4 Å². The van der Waals surface area contributed by atoms with Gasteiger partial charge in [0.05, 0.1) is 6.61 Å². The maximum atomic E-state index is 11.4. The van der Waals surface area contributed by atoms with Gasteiger partial charge in [-0.05, 0) is 18.3 Å². The normalized spacial score (nSPS) is 24.6. The van der Waals surface area contributed by atoms with Gasteiger partial charge in [0.25, 0.3) is 0 Å². The lowest BCUT2D eigenvalue weighted by Gasteiger charge is -2.38. The third kappa shape index (κ3) is 3.70. The molecule has 0 aromatic heterocycles. The lowest BCUT2D eigenvalue weighted by atomic mass is 9.73. The Morgan fingerprint density at radius 1 is 1.47 bits per heavy atom. The highest BCUT2D eigenvalue weighted by Crippen LogP contribution is 2.35. The Morgan fingerprint density at radius 2 is 2.20 bits per heavy atom. The Hall–Kier alpha value is -0.770. The van der Waals surface area contributed by atoms with Gasteiger partial charge in [0.2, 0.25) is 0 Å². The summed E-state index contributed by atoms with van der Waals surface area (Å²) in [5.74, 6) is 0. The molecule has 1 fully saturated rings. The highest BCUT2D eigenvalue weighted by molar-refractivity contribution is 5.74. The monoisotopic (exact) mass is 214 g/mol. The molecular formula is C11H22N2O2. The van der Waals surface area contributed by atoms with Crippen molar-refractivity contribution in [3.8, 4) is 0 Å². The molecule has 88 valence electrons. The van der Waals surface area contributed by atoms with Crippen LogP contribution in [0, 0.1) is 5.41 Å². The van der Waals surface area contributed by atoms with E-state index in [1.54, 1.807) is 0 Å². The summed E-state index contributed by atoms with van der Waals surface area (Å²) in [6.45, 7) is 4.70. The van der Waals surface area contributed by atoms with E-state index in [2.05, 4.69) is 24.5 Å². The van der Waals surface area contributed by atoms with Crippen LogP contribution in [0.25, 0.3) is 0 Å². The fraction of sp³-hybridized carbons (Fsp3) is 0.909. The first-order chi connectivity index (χ1) is 7.06. The standard InChI is InChI=1S/C11H22N2O2/c1-11(2)6-4-3-5-9(11)13-10(15)12-7-8-14/h9,14H,3-8H2,1-2H3,(H2,12,13,15). The van der Waals surface area contributed by atoms with Crippen LogP contribution in [0.2, 0.25) is 0 Å². The Balaban J connectivity index is 2.38. The summed E-state index contributed by atoms with van der Waals surface area (Å²) in [7, 11) is 0. The smallest absolute Gasteiger partial charge is 0.315 e. The Labute approximate surface area is 91.4 Å². The fourth-order valence-electron chi connectivity index (χ4n) is 2.14. The van der Waals surface area contributed by atoms with Crippen LogP contribution in [0.5, 0.6) is 0 Å². The molecule has 0 saturated heterocycles. The molecule has 2 amide bonds. The first-order valence-electron chi connectivity index (χ1n) is 5.71. The van der Waals surface area contributed by atoms with E-state index < -0.39 is 0 Å². The minimum Gasteiger partial charge on any atom is -0.395 e. The maximum absolute atomic E-state index is 11.4. The molecule has 1 unspecified atom stereocenters. The predicted octanol–water partition coefficient (Wildman–Crippen LogP) is 1.25. The van der Waals surface area contributed by atoms with Crippen LogP contribution in [-0.2, 0) is 0 Å². The lowest BCUT2D eigenvalue weighted by molar-refractivity contribution is 0.165. The Kier molecular flexibility index (Phi) is 4.39. The molecule has 3 N–H and O–H groups in total. The van der Waals surface area contributed by atoms with Crippen LogP contribution in [0.3, 0.4) is 0 Å². The van der Waals surface area contributed by atoms with Crippen molar-refractivity contribution in [3.63, 3.8) is 0 Å².